The Bertz CT molecular complexity index is 1220. The van der Waals surface area contributed by atoms with Crippen molar-refractivity contribution in [1.29, 1.82) is 0 Å². The van der Waals surface area contributed by atoms with Crippen LogP contribution in [0.4, 0.5) is 0 Å². The van der Waals surface area contributed by atoms with Gasteiger partial charge in [0.2, 0.25) is 12.0 Å². The molecule has 2 heterocycles. The van der Waals surface area contributed by atoms with E-state index < -0.39 is 64.9 Å². The van der Waals surface area contributed by atoms with Gasteiger partial charge in [-0.05, 0) is 0 Å². The van der Waals surface area contributed by atoms with Gasteiger partial charge in [0, 0.05) is 17.7 Å². The molecule has 168 valence electrons. The lowest BCUT2D eigenvalue weighted by atomic mass is 9.99. The lowest BCUT2D eigenvalue weighted by Crippen LogP contribution is -2.61. The lowest BCUT2D eigenvalue weighted by molar-refractivity contribution is -0.271. The monoisotopic (exact) mass is 446 g/mol. The van der Waals surface area contributed by atoms with Gasteiger partial charge in [0.15, 0.2) is 22.9 Å². The summed E-state index contributed by atoms with van der Waals surface area (Å²) in [5.74, 6) is -3.42. The average Bonchev–Trinajstić information content (AvgIpc) is 2.77. The Morgan fingerprint density at radius 1 is 0.969 bits per heavy atom. The van der Waals surface area contributed by atoms with E-state index >= 15 is 0 Å². The molecule has 5 atom stereocenters. The molecule has 5 unspecified atom stereocenters. The molecule has 1 fully saturated rings. The van der Waals surface area contributed by atoms with Gasteiger partial charge in [0.05, 0.1) is 0 Å². The third kappa shape index (κ3) is 3.63. The first-order valence-corrected chi connectivity index (χ1v) is 9.36. The molecule has 0 spiro atoms. The summed E-state index contributed by atoms with van der Waals surface area (Å²) in [4.78, 5) is 23.8. The van der Waals surface area contributed by atoms with Gasteiger partial charge in [-0.3, -0.25) is 4.79 Å². The molecule has 0 bridgehead atoms. The van der Waals surface area contributed by atoms with Gasteiger partial charge in [0.25, 0.3) is 0 Å². The highest BCUT2D eigenvalue weighted by Gasteiger charge is 2.48. The number of benzene rings is 2. The van der Waals surface area contributed by atoms with Gasteiger partial charge >= 0.3 is 5.97 Å². The van der Waals surface area contributed by atoms with Crippen molar-refractivity contribution < 1.29 is 49.3 Å². The van der Waals surface area contributed by atoms with Gasteiger partial charge < -0.3 is 44.5 Å². The second-order valence-electron chi connectivity index (χ2n) is 7.14. The van der Waals surface area contributed by atoms with Crippen LogP contribution < -0.4 is 10.2 Å². The van der Waals surface area contributed by atoms with Crippen molar-refractivity contribution in [3.63, 3.8) is 0 Å². The molecule has 1 aliphatic rings. The summed E-state index contributed by atoms with van der Waals surface area (Å²) in [5.41, 5.74) is -0.556. The van der Waals surface area contributed by atoms with Crippen LogP contribution in [-0.4, -0.2) is 67.3 Å². The summed E-state index contributed by atoms with van der Waals surface area (Å²) in [6.45, 7) is 0. The van der Waals surface area contributed by atoms with Crippen LogP contribution in [-0.2, 0) is 9.53 Å². The molecule has 1 aromatic heterocycles. The van der Waals surface area contributed by atoms with E-state index in [-0.39, 0.29) is 11.1 Å². The van der Waals surface area contributed by atoms with E-state index in [2.05, 4.69) is 0 Å². The Morgan fingerprint density at radius 3 is 2.31 bits per heavy atom. The molecule has 32 heavy (non-hydrogen) atoms. The summed E-state index contributed by atoms with van der Waals surface area (Å²) >= 11 is 0. The van der Waals surface area contributed by atoms with Crippen molar-refractivity contribution in [2.75, 3.05) is 0 Å². The van der Waals surface area contributed by atoms with Gasteiger partial charge in [-0.1, -0.05) is 30.3 Å². The average molecular weight is 446 g/mol. The first-order valence-electron chi connectivity index (χ1n) is 9.36. The largest absolute Gasteiger partial charge is 0.507 e. The zero-order valence-corrected chi connectivity index (χ0v) is 16.2. The van der Waals surface area contributed by atoms with E-state index in [9.17, 15) is 35.1 Å². The number of aromatic hydroxyl groups is 2. The number of aliphatic carboxylic acids is 1. The van der Waals surface area contributed by atoms with Crippen LogP contribution >= 0.6 is 0 Å². The molecule has 0 aliphatic carbocycles. The fourth-order valence-electron chi connectivity index (χ4n) is 3.39. The molecule has 0 saturated carbocycles. The molecule has 1 aliphatic heterocycles. The molecule has 11 heteroatoms. The summed E-state index contributed by atoms with van der Waals surface area (Å²) in [5, 5.41) is 59.5. The molecule has 1 saturated heterocycles. The minimum atomic E-state index is -1.94. The highest BCUT2D eigenvalue weighted by Crippen LogP contribution is 2.41. The number of hydrogen-bond donors (Lipinski definition) is 6. The molecule has 3 aromatic rings. The Hall–Kier alpha value is -3.64. The van der Waals surface area contributed by atoms with Gasteiger partial charge in [-0.15, -0.1) is 0 Å². The number of fused-ring (bicyclic) bond motifs is 1. The van der Waals surface area contributed by atoms with Crippen LogP contribution in [0.25, 0.3) is 22.3 Å². The third-order valence-electron chi connectivity index (χ3n) is 5.03. The minimum Gasteiger partial charge on any atom is -0.507 e. The summed E-state index contributed by atoms with van der Waals surface area (Å²) < 4.78 is 15.9. The van der Waals surface area contributed by atoms with Crippen LogP contribution in [0, 0.1) is 0 Å². The predicted molar refractivity (Wildman–Crippen MR) is 106 cm³/mol. The van der Waals surface area contributed by atoms with Gasteiger partial charge in [-0.25, -0.2) is 4.79 Å². The SMILES string of the molecule is O=C(O)C1OC(Oc2cc(O)c3c(=O)cc(-c4ccccc4)oc3c2O)C(O)C(O)C1O. The molecule has 4 rings (SSSR count). The van der Waals surface area contributed by atoms with E-state index in [1.54, 1.807) is 30.3 Å². The Morgan fingerprint density at radius 2 is 1.66 bits per heavy atom. The maximum Gasteiger partial charge on any atom is 0.335 e. The predicted octanol–water partition coefficient (Wildman–Crippen LogP) is 0.142. The van der Waals surface area contributed by atoms with Crippen LogP contribution in [0.15, 0.2) is 51.7 Å². The first kappa shape index (κ1) is 21.6. The maximum absolute atomic E-state index is 12.5. The molecular weight excluding hydrogens is 428 g/mol. The van der Waals surface area contributed by atoms with Crippen molar-refractivity contribution in [3.8, 4) is 28.6 Å². The zero-order valence-electron chi connectivity index (χ0n) is 16.2. The number of carboxylic acid groups (broad SMARTS) is 1. The fraction of sp³-hybridized carbons (Fsp3) is 0.238. The van der Waals surface area contributed by atoms with E-state index in [0.29, 0.717) is 5.56 Å². The van der Waals surface area contributed by atoms with E-state index in [1.807, 2.05) is 0 Å². The van der Waals surface area contributed by atoms with Gasteiger partial charge in [0.1, 0.15) is 35.2 Å². The van der Waals surface area contributed by atoms with Crippen molar-refractivity contribution in [3.05, 3.63) is 52.7 Å². The number of rotatable bonds is 4. The van der Waals surface area contributed by atoms with Crippen LogP contribution in [0.2, 0.25) is 0 Å². The lowest BCUT2D eigenvalue weighted by Gasteiger charge is -2.38. The second-order valence-corrected chi connectivity index (χ2v) is 7.14. The zero-order chi connectivity index (χ0) is 23.2. The molecule has 2 aromatic carbocycles. The van der Waals surface area contributed by atoms with E-state index in [1.165, 1.54) is 0 Å². The molecular formula is C21H18O11. The molecule has 11 nitrogen and oxygen atoms in total. The quantitative estimate of drug-likeness (QED) is 0.299. The number of aliphatic hydroxyl groups is 3. The second kappa shape index (κ2) is 8.13. The van der Waals surface area contributed by atoms with Crippen molar-refractivity contribution in [2.45, 2.75) is 30.7 Å². The number of hydrogen-bond acceptors (Lipinski definition) is 10. The molecule has 0 radical (unpaired) electrons. The molecule has 0 amide bonds. The summed E-state index contributed by atoms with van der Waals surface area (Å²) in [6.07, 6.45) is -9.56. The molecule has 6 N–H and O–H groups in total. The Kier molecular flexibility index (Phi) is 5.48. The standard InChI is InChI=1S/C21H18O11/c22-9-6-11(8-4-2-1-3-5-8)30-18-13(9)10(23)7-12(14(18)24)31-21-17(27)15(25)16(26)19(32-21)20(28)29/h1-7,15-17,19,21,23-27H,(H,28,29). The maximum atomic E-state index is 12.5. The number of ether oxygens (including phenoxy) is 2. The minimum absolute atomic E-state index is 0.0911. The van der Waals surface area contributed by atoms with Crippen LogP contribution in [0.3, 0.4) is 0 Å². The smallest absolute Gasteiger partial charge is 0.335 e. The van der Waals surface area contributed by atoms with Crippen molar-refractivity contribution in [1.82, 2.24) is 0 Å². The summed E-state index contributed by atoms with van der Waals surface area (Å²) in [7, 11) is 0. The van der Waals surface area contributed by atoms with E-state index in [0.717, 1.165) is 12.1 Å². The highest BCUT2D eigenvalue weighted by molar-refractivity contribution is 5.91. The highest BCUT2D eigenvalue weighted by atomic mass is 16.7. The van der Waals surface area contributed by atoms with Crippen LogP contribution in [0.1, 0.15) is 0 Å². The normalized spacial score (nSPS) is 25.5. The number of phenolic OH excluding ortho intramolecular Hbond substituents is 2. The number of carboxylic acids is 1. The third-order valence-corrected chi connectivity index (χ3v) is 5.03. The van der Waals surface area contributed by atoms with Crippen molar-refractivity contribution >= 4 is 16.9 Å². The summed E-state index contributed by atoms with van der Waals surface area (Å²) in [6, 6.07) is 10.5. The topological polar surface area (TPSA) is 187 Å². The van der Waals surface area contributed by atoms with E-state index in [4.69, 9.17) is 19.0 Å². The first-order chi connectivity index (χ1) is 15.2. The Balaban J connectivity index is 1.77. The van der Waals surface area contributed by atoms with Crippen LogP contribution in [0.5, 0.6) is 17.2 Å². The van der Waals surface area contributed by atoms with Gasteiger partial charge in [-0.2, -0.15) is 0 Å². The fourth-order valence-corrected chi connectivity index (χ4v) is 3.39. The van der Waals surface area contributed by atoms with Crippen molar-refractivity contribution in [2.24, 2.45) is 0 Å². The number of phenols is 2. The number of aliphatic hydroxyl groups excluding tert-OH is 3. The Labute approximate surface area is 178 Å². The number of carbonyl (C=O) groups is 1.